The lowest BCUT2D eigenvalue weighted by Gasteiger charge is -2.09. The van der Waals surface area contributed by atoms with Crippen molar-refractivity contribution in [1.29, 1.82) is 0 Å². The largest absolute Gasteiger partial charge is 0.422 e. The molecule has 2 aromatic carbocycles. The summed E-state index contributed by atoms with van der Waals surface area (Å²) in [5.74, 6) is 0.0896. The molecule has 1 heterocycles. The number of fused-ring (bicyclic) bond motifs is 1. The van der Waals surface area contributed by atoms with Crippen molar-refractivity contribution < 1.29 is 17.0 Å². The maximum Gasteiger partial charge on any atom is 0.344 e. The van der Waals surface area contributed by atoms with Gasteiger partial charge in [-0.3, -0.25) is 0 Å². The first-order chi connectivity index (χ1) is 11.2. The van der Waals surface area contributed by atoms with Crippen LogP contribution >= 0.6 is 11.6 Å². The predicted molar refractivity (Wildman–Crippen MR) is 93.1 cm³/mol. The van der Waals surface area contributed by atoms with Crippen molar-refractivity contribution in [3.05, 3.63) is 63.5 Å². The molecule has 3 rings (SSSR count). The van der Waals surface area contributed by atoms with Gasteiger partial charge in [0, 0.05) is 16.5 Å². The fourth-order valence-electron chi connectivity index (χ4n) is 2.51. The van der Waals surface area contributed by atoms with Crippen LogP contribution in [0.3, 0.4) is 0 Å². The number of rotatable bonds is 3. The summed E-state index contributed by atoms with van der Waals surface area (Å²) in [5, 5.41) is 1.27. The van der Waals surface area contributed by atoms with Crippen molar-refractivity contribution in [3.8, 4) is 16.9 Å². The molecule has 0 aliphatic carbocycles. The van der Waals surface area contributed by atoms with Crippen LogP contribution in [-0.2, 0) is 10.1 Å². The lowest BCUT2D eigenvalue weighted by molar-refractivity contribution is 0.492. The maximum absolute atomic E-state index is 12.4. The maximum atomic E-state index is 12.4. The van der Waals surface area contributed by atoms with Crippen LogP contribution in [0.4, 0.5) is 0 Å². The predicted octanol–water partition coefficient (Wildman–Crippen LogP) is 3.76. The van der Waals surface area contributed by atoms with Gasteiger partial charge in [0.15, 0.2) is 0 Å². The topological polar surface area (TPSA) is 73.6 Å². The van der Waals surface area contributed by atoms with Crippen molar-refractivity contribution >= 4 is 32.7 Å². The second-order valence-corrected chi connectivity index (χ2v) is 7.35. The van der Waals surface area contributed by atoms with Gasteiger partial charge in [0.05, 0.1) is 11.8 Å². The summed E-state index contributed by atoms with van der Waals surface area (Å²) in [7, 11) is -3.65. The van der Waals surface area contributed by atoms with Crippen molar-refractivity contribution in [3.63, 3.8) is 0 Å². The lowest BCUT2D eigenvalue weighted by Crippen LogP contribution is -2.07. The first kappa shape index (κ1) is 16.5. The van der Waals surface area contributed by atoms with Gasteiger partial charge in [-0.05, 0) is 42.3 Å². The Bertz CT molecular complexity index is 1080. The van der Waals surface area contributed by atoms with Crippen molar-refractivity contribution in [2.24, 2.45) is 0 Å². The van der Waals surface area contributed by atoms with E-state index in [1.54, 1.807) is 37.3 Å². The first-order valence-corrected chi connectivity index (χ1v) is 9.17. The van der Waals surface area contributed by atoms with Crippen LogP contribution < -0.4 is 9.81 Å². The van der Waals surface area contributed by atoms with Crippen molar-refractivity contribution in [2.45, 2.75) is 6.92 Å². The van der Waals surface area contributed by atoms with E-state index >= 15 is 0 Å². The summed E-state index contributed by atoms with van der Waals surface area (Å²) in [6.07, 6.45) is 0.947. The fourth-order valence-corrected chi connectivity index (χ4v) is 3.09. The highest BCUT2D eigenvalue weighted by Gasteiger charge is 2.15. The smallest absolute Gasteiger partial charge is 0.344 e. The zero-order valence-electron chi connectivity index (χ0n) is 12.9. The van der Waals surface area contributed by atoms with E-state index in [0.717, 1.165) is 11.8 Å². The third-order valence-electron chi connectivity index (χ3n) is 3.52. The van der Waals surface area contributed by atoms with Gasteiger partial charge in [-0.1, -0.05) is 23.7 Å². The molecule has 0 amide bonds. The Labute approximate surface area is 143 Å². The van der Waals surface area contributed by atoms with Crippen LogP contribution in [0, 0.1) is 6.92 Å². The molecule has 0 bridgehead atoms. The molecule has 0 saturated heterocycles. The average molecular weight is 365 g/mol. The van der Waals surface area contributed by atoms with Crippen LogP contribution in [0.2, 0.25) is 5.02 Å². The molecule has 0 saturated carbocycles. The quantitative estimate of drug-likeness (QED) is 0.522. The monoisotopic (exact) mass is 364 g/mol. The number of halogens is 1. The van der Waals surface area contributed by atoms with Crippen LogP contribution in [-0.4, -0.2) is 14.7 Å². The Morgan fingerprint density at radius 2 is 1.75 bits per heavy atom. The van der Waals surface area contributed by atoms with Crippen LogP contribution in [0.15, 0.2) is 51.7 Å². The minimum absolute atomic E-state index is 0.0896. The Morgan fingerprint density at radius 3 is 2.38 bits per heavy atom. The summed E-state index contributed by atoms with van der Waals surface area (Å²) in [4.78, 5) is 12.4. The van der Waals surface area contributed by atoms with Crippen molar-refractivity contribution in [2.75, 3.05) is 6.26 Å². The molecule has 5 nitrogen and oxygen atoms in total. The second kappa shape index (κ2) is 5.96. The summed E-state index contributed by atoms with van der Waals surface area (Å²) in [5.41, 5.74) is 1.62. The zero-order chi connectivity index (χ0) is 17.5. The molecule has 124 valence electrons. The summed E-state index contributed by atoms with van der Waals surface area (Å²) >= 11 is 5.88. The molecule has 0 fully saturated rings. The SMILES string of the molecule is Cc1c(-c2ccc(Cl)cc2)c(=O)oc2cc(OS(C)(=O)=O)ccc12. The molecule has 0 spiro atoms. The second-order valence-electron chi connectivity index (χ2n) is 5.34. The zero-order valence-corrected chi connectivity index (χ0v) is 14.4. The van der Waals surface area contributed by atoms with Crippen molar-refractivity contribution in [1.82, 2.24) is 0 Å². The van der Waals surface area contributed by atoms with Crippen LogP contribution in [0.25, 0.3) is 22.1 Å². The Balaban J connectivity index is 2.19. The van der Waals surface area contributed by atoms with Gasteiger partial charge >= 0.3 is 15.7 Å². The molecule has 0 radical (unpaired) electrons. The van der Waals surface area contributed by atoms with Gasteiger partial charge in [0.2, 0.25) is 0 Å². The normalized spacial score (nSPS) is 11.6. The highest BCUT2D eigenvalue weighted by Crippen LogP contribution is 2.29. The molecule has 1 aromatic heterocycles. The molecule has 0 aliphatic heterocycles. The third-order valence-corrected chi connectivity index (χ3v) is 4.27. The molecule has 0 atom stereocenters. The Hall–Kier alpha value is -2.31. The average Bonchev–Trinajstić information content (AvgIpc) is 2.47. The summed E-state index contributed by atoms with van der Waals surface area (Å²) in [6, 6.07) is 11.4. The molecule has 3 aromatic rings. The lowest BCUT2D eigenvalue weighted by atomic mass is 10.00. The molecule has 0 aliphatic rings. The molecule has 7 heteroatoms. The first-order valence-electron chi connectivity index (χ1n) is 6.97. The van der Waals surface area contributed by atoms with E-state index in [1.807, 2.05) is 0 Å². The number of hydrogen-bond acceptors (Lipinski definition) is 5. The molecule has 0 unspecified atom stereocenters. The van der Waals surface area contributed by atoms with Crippen LogP contribution in [0.1, 0.15) is 5.56 Å². The standard InChI is InChI=1S/C17H13ClO5S/c1-10-14-8-7-13(23-24(2,20)21)9-15(14)22-17(19)16(10)11-3-5-12(18)6-4-11/h3-9H,1-2H3. The van der Waals surface area contributed by atoms with Gasteiger partial charge < -0.3 is 8.60 Å². The minimum Gasteiger partial charge on any atom is -0.422 e. The van der Waals surface area contributed by atoms with Gasteiger partial charge in [-0.2, -0.15) is 8.42 Å². The van der Waals surface area contributed by atoms with Gasteiger partial charge in [-0.25, -0.2) is 4.79 Å². The van der Waals surface area contributed by atoms with E-state index in [4.69, 9.17) is 20.2 Å². The van der Waals surface area contributed by atoms with Crippen LogP contribution in [0.5, 0.6) is 5.75 Å². The molecular weight excluding hydrogens is 352 g/mol. The van der Waals surface area contributed by atoms with Gasteiger partial charge in [0.25, 0.3) is 0 Å². The van der Waals surface area contributed by atoms with E-state index in [1.165, 1.54) is 12.1 Å². The third kappa shape index (κ3) is 3.29. The Kier molecular flexibility index (Phi) is 4.11. The summed E-state index contributed by atoms with van der Waals surface area (Å²) < 4.78 is 32.6. The van der Waals surface area contributed by atoms with E-state index in [0.29, 0.717) is 21.5 Å². The highest BCUT2D eigenvalue weighted by atomic mass is 35.5. The van der Waals surface area contributed by atoms with E-state index in [9.17, 15) is 13.2 Å². The number of hydrogen-bond donors (Lipinski definition) is 0. The number of aryl methyl sites for hydroxylation is 1. The highest BCUT2D eigenvalue weighted by molar-refractivity contribution is 7.86. The Morgan fingerprint density at radius 1 is 1.08 bits per heavy atom. The van der Waals surface area contributed by atoms with E-state index < -0.39 is 15.7 Å². The van der Waals surface area contributed by atoms with E-state index in [2.05, 4.69) is 0 Å². The fraction of sp³-hybridized carbons (Fsp3) is 0.118. The van der Waals surface area contributed by atoms with E-state index in [-0.39, 0.29) is 11.3 Å². The molecular formula is C17H13ClO5S. The summed E-state index contributed by atoms with van der Waals surface area (Å²) in [6.45, 7) is 1.81. The number of benzene rings is 2. The minimum atomic E-state index is -3.65. The van der Waals surface area contributed by atoms with Gasteiger partial charge in [-0.15, -0.1) is 0 Å². The molecule has 24 heavy (non-hydrogen) atoms. The molecule has 0 N–H and O–H groups in total. The van der Waals surface area contributed by atoms with Gasteiger partial charge in [0.1, 0.15) is 11.3 Å².